The molecule has 0 aliphatic heterocycles. The van der Waals surface area contributed by atoms with Crippen molar-refractivity contribution in [2.75, 3.05) is 0 Å². The molecule has 1 unspecified atom stereocenters. The summed E-state index contributed by atoms with van der Waals surface area (Å²) in [5.74, 6) is 6.49. The summed E-state index contributed by atoms with van der Waals surface area (Å²) in [7, 11) is 0. The van der Waals surface area contributed by atoms with Gasteiger partial charge in [0.1, 0.15) is 0 Å². The van der Waals surface area contributed by atoms with E-state index in [0.717, 1.165) is 18.8 Å². The Kier molecular flexibility index (Phi) is 2.43. The maximum absolute atomic E-state index is 5.04. The number of pyridine rings is 1. The molecule has 1 aromatic rings. The van der Waals surface area contributed by atoms with E-state index in [1.54, 1.807) is 6.20 Å². The molecule has 1 aliphatic rings. The average molecular weight is 190 g/mol. The molecule has 1 aliphatic carbocycles. The maximum Gasteiger partial charge on any atom is 0.179 e. The summed E-state index contributed by atoms with van der Waals surface area (Å²) in [6.07, 6.45) is 5.14. The summed E-state index contributed by atoms with van der Waals surface area (Å²) in [5, 5.41) is 7.13. The Morgan fingerprint density at radius 2 is 2.43 bits per heavy atom. The van der Waals surface area contributed by atoms with Gasteiger partial charge in [0.15, 0.2) is 5.82 Å². The molecule has 0 saturated carbocycles. The summed E-state index contributed by atoms with van der Waals surface area (Å²) >= 11 is 0. The van der Waals surface area contributed by atoms with Crippen LogP contribution in [0.15, 0.2) is 22.6 Å². The third-order valence-electron chi connectivity index (χ3n) is 2.74. The van der Waals surface area contributed by atoms with Crippen molar-refractivity contribution in [1.29, 1.82) is 0 Å². The topological polar surface area (TPSA) is 63.6 Å². The summed E-state index contributed by atoms with van der Waals surface area (Å²) in [5.41, 5.74) is 2.57. The number of hydrogen-bond acceptors (Lipinski definition) is 3. The van der Waals surface area contributed by atoms with Gasteiger partial charge in [-0.05, 0) is 36.8 Å². The monoisotopic (exact) mass is 190 g/mol. The fourth-order valence-corrected chi connectivity index (χ4v) is 1.99. The molecule has 1 atom stereocenters. The van der Waals surface area contributed by atoms with Crippen LogP contribution in [0, 0.1) is 5.92 Å². The highest BCUT2D eigenvalue weighted by Gasteiger charge is 2.18. The zero-order valence-corrected chi connectivity index (χ0v) is 8.27. The van der Waals surface area contributed by atoms with Crippen LogP contribution in [-0.4, -0.2) is 4.98 Å². The summed E-state index contributed by atoms with van der Waals surface area (Å²) in [6, 6.07) is 2.07. The number of rotatable bonds is 1. The Balaban J connectivity index is 2.41. The lowest BCUT2D eigenvalue weighted by Crippen LogP contribution is -2.11. The van der Waals surface area contributed by atoms with E-state index in [1.165, 1.54) is 17.5 Å². The fourth-order valence-electron chi connectivity index (χ4n) is 1.99. The second kappa shape index (κ2) is 3.74. The van der Waals surface area contributed by atoms with E-state index in [0.29, 0.717) is 5.82 Å². The minimum Gasteiger partial charge on any atom is -0.305 e. The van der Waals surface area contributed by atoms with E-state index in [2.05, 4.69) is 28.3 Å². The SMILES string of the molecule is CC1CCc2c(ccnc2N=NN)C1. The average Bonchev–Trinajstić information content (AvgIpc) is 2.18. The quantitative estimate of drug-likeness (QED) is 0.419. The van der Waals surface area contributed by atoms with E-state index in [4.69, 9.17) is 5.84 Å². The molecule has 0 fully saturated rings. The van der Waals surface area contributed by atoms with E-state index in [9.17, 15) is 0 Å². The number of nitrogens with two attached hydrogens (primary N) is 1. The summed E-state index contributed by atoms with van der Waals surface area (Å²) in [6.45, 7) is 2.27. The molecule has 74 valence electrons. The lowest BCUT2D eigenvalue weighted by molar-refractivity contribution is 0.500. The summed E-state index contributed by atoms with van der Waals surface area (Å²) in [4.78, 5) is 4.17. The highest BCUT2D eigenvalue weighted by Crippen LogP contribution is 2.30. The molecule has 1 heterocycles. The molecule has 1 aromatic heterocycles. The van der Waals surface area contributed by atoms with Crippen LogP contribution < -0.4 is 5.84 Å². The molecule has 0 radical (unpaired) electrons. The second-order valence-corrected chi connectivity index (χ2v) is 3.84. The van der Waals surface area contributed by atoms with Crippen molar-refractivity contribution in [3.05, 3.63) is 23.4 Å². The maximum atomic E-state index is 5.04. The van der Waals surface area contributed by atoms with Gasteiger partial charge in [-0.2, -0.15) is 0 Å². The lowest BCUT2D eigenvalue weighted by Gasteiger charge is -2.21. The van der Waals surface area contributed by atoms with Crippen LogP contribution in [0.2, 0.25) is 0 Å². The van der Waals surface area contributed by atoms with Gasteiger partial charge in [0, 0.05) is 11.8 Å². The Labute approximate surface area is 83.2 Å². The normalized spacial score (nSPS) is 21.1. The Bertz CT molecular complexity index is 359. The number of aromatic nitrogens is 1. The molecule has 0 spiro atoms. The number of fused-ring (bicyclic) bond motifs is 1. The molecule has 4 nitrogen and oxygen atoms in total. The third kappa shape index (κ3) is 1.60. The van der Waals surface area contributed by atoms with Crippen LogP contribution in [0.3, 0.4) is 0 Å². The van der Waals surface area contributed by atoms with Crippen LogP contribution in [0.1, 0.15) is 24.5 Å². The molecule has 0 amide bonds. The Hall–Kier alpha value is -1.45. The van der Waals surface area contributed by atoms with Gasteiger partial charge in [-0.25, -0.2) is 4.98 Å². The first-order valence-corrected chi connectivity index (χ1v) is 4.89. The third-order valence-corrected chi connectivity index (χ3v) is 2.74. The van der Waals surface area contributed by atoms with Crippen molar-refractivity contribution in [3.63, 3.8) is 0 Å². The fraction of sp³-hybridized carbons (Fsp3) is 0.500. The lowest BCUT2D eigenvalue weighted by atomic mass is 9.85. The van der Waals surface area contributed by atoms with E-state index >= 15 is 0 Å². The number of nitrogens with zero attached hydrogens (tertiary/aromatic N) is 3. The number of hydrogen-bond donors (Lipinski definition) is 1. The van der Waals surface area contributed by atoms with Gasteiger partial charge >= 0.3 is 0 Å². The van der Waals surface area contributed by atoms with Crippen molar-refractivity contribution in [2.45, 2.75) is 26.2 Å². The van der Waals surface area contributed by atoms with Gasteiger partial charge in [0.2, 0.25) is 0 Å². The molecule has 0 bridgehead atoms. The summed E-state index contributed by atoms with van der Waals surface area (Å²) < 4.78 is 0. The highest BCUT2D eigenvalue weighted by molar-refractivity contribution is 5.44. The first-order valence-electron chi connectivity index (χ1n) is 4.89. The minimum absolute atomic E-state index is 0.692. The van der Waals surface area contributed by atoms with Crippen LogP contribution in [0.25, 0.3) is 0 Å². The standard InChI is InChI=1S/C10H14N4/c1-7-2-3-9-8(6-7)4-5-12-10(9)13-14-11/h4-5,7H,2-3,6H2,1H3,(H2,11,12,13). The van der Waals surface area contributed by atoms with Crippen molar-refractivity contribution in [3.8, 4) is 0 Å². The van der Waals surface area contributed by atoms with Crippen molar-refractivity contribution < 1.29 is 0 Å². The van der Waals surface area contributed by atoms with Crippen molar-refractivity contribution in [1.82, 2.24) is 4.98 Å². The Morgan fingerprint density at radius 3 is 3.21 bits per heavy atom. The van der Waals surface area contributed by atoms with Gasteiger partial charge in [-0.3, -0.25) is 0 Å². The van der Waals surface area contributed by atoms with Gasteiger partial charge in [0.05, 0.1) is 0 Å². The smallest absolute Gasteiger partial charge is 0.179 e. The van der Waals surface area contributed by atoms with Gasteiger partial charge in [-0.1, -0.05) is 12.1 Å². The first kappa shape index (κ1) is 9.12. The van der Waals surface area contributed by atoms with Crippen molar-refractivity contribution >= 4 is 5.82 Å². The molecule has 0 aromatic carbocycles. The van der Waals surface area contributed by atoms with E-state index in [1.807, 2.05) is 0 Å². The highest BCUT2D eigenvalue weighted by atomic mass is 15.3. The van der Waals surface area contributed by atoms with Gasteiger partial charge in [-0.15, -0.1) is 5.11 Å². The van der Waals surface area contributed by atoms with E-state index in [-0.39, 0.29) is 0 Å². The van der Waals surface area contributed by atoms with Crippen molar-refractivity contribution in [2.24, 2.45) is 22.1 Å². The minimum atomic E-state index is 0.692. The van der Waals surface area contributed by atoms with Gasteiger partial charge < -0.3 is 5.84 Å². The molecule has 2 rings (SSSR count). The zero-order valence-electron chi connectivity index (χ0n) is 8.27. The molecular formula is C10H14N4. The van der Waals surface area contributed by atoms with Gasteiger partial charge in [0.25, 0.3) is 0 Å². The van der Waals surface area contributed by atoms with Crippen LogP contribution in [-0.2, 0) is 12.8 Å². The van der Waals surface area contributed by atoms with Crippen LogP contribution in [0.5, 0.6) is 0 Å². The molecular weight excluding hydrogens is 176 g/mol. The second-order valence-electron chi connectivity index (χ2n) is 3.84. The first-order chi connectivity index (χ1) is 6.81. The molecule has 14 heavy (non-hydrogen) atoms. The zero-order chi connectivity index (χ0) is 9.97. The molecule has 4 heteroatoms. The Morgan fingerprint density at radius 1 is 1.57 bits per heavy atom. The largest absolute Gasteiger partial charge is 0.305 e. The van der Waals surface area contributed by atoms with Crippen LogP contribution >= 0.6 is 0 Å². The molecule has 2 N–H and O–H groups in total. The van der Waals surface area contributed by atoms with E-state index < -0.39 is 0 Å². The predicted molar refractivity (Wildman–Crippen MR) is 54.1 cm³/mol. The van der Waals surface area contributed by atoms with Crippen LogP contribution in [0.4, 0.5) is 5.82 Å². The predicted octanol–water partition coefficient (Wildman–Crippen LogP) is 2.16. The molecule has 0 saturated heterocycles.